The fraction of sp³-hybridized carbons (Fsp3) is 0.125. The molecule has 0 aromatic heterocycles. The molecule has 1 aromatic rings. The number of carbonyl (C=O) groups excluding carboxylic acids is 1. The third-order valence-corrected chi connectivity index (χ3v) is 1.69. The molecule has 0 aliphatic rings. The average Bonchev–Trinajstić information content (AvgIpc) is 2.23. The molecule has 0 aliphatic carbocycles. The first-order chi connectivity index (χ1) is 6.91. The number of rotatable bonds is 1. The summed E-state index contributed by atoms with van der Waals surface area (Å²) in [6.45, 7) is 0. The molecular weight excluding hydrogens is 218 g/mol. The Bertz CT molecular complexity index is 404. The van der Waals surface area contributed by atoms with Crippen LogP contribution in [-0.4, -0.2) is 18.1 Å². The highest BCUT2D eigenvalue weighted by molar-refractivity contribution is 5.94. The minimum atomic E-state index is -2.01. The highest BCUT2D eigenvalue weighted by Crippen LogP contribution is 2.28. The number of hydrogen-bond donors (Lipinski definition) is 2. The Morgan fingerprint density at radius 1 is 1.07 bits per heavy atom. The number of benzene rings is 1. The molecule has 3 nitrogen and oxygen atoms in total. The summed E-state index contributed by atoms with van der Waals surface area (Å²) in [6.07, 6.45) is 0. The van der Waals surface area contributed by atoms with E-state index in [0.717, 1.165) is 7.05 Å². The summed E-state index contributed by atoms with van der Waals surface area (Å²) in [5.41, 5.74) is -1.41. The molecule has 0 bridgehead atoms. The van der Waals surface area contributed by atoms with Gasteiger partial charge >= 0.3 is 0 Å². The molecule has 2 N–H and O–H groups in total. The summed E-state index contributed by atoms with van der Waals surface area (Å²) in [7, 11) is 1.03. The molecule has 0 radical (unpaired) electrons. The summed E-state index contributed by atoms with van der Waals surface area (Å²) in [5.74, 6) is -11.0. The van der Waals surface area contributed by atoms with Gasteiger partial charge in [-0.25, -0.2) is 8.78 Å². The van der Waals surface area contributed by atoms with E-state index >= 15 is 0 Å². The van der Waals surface area contributed by atoms with E-state index in [4.69, 9.17) is 5.11 Å². The number of carbonyl (C=O) groups is 1. The van der Waals surface area contributed by atoms with Gasteiger partial charge in [-0.3, -0.25) is 4.79 Å². The zero-order valence-electron chi connectivity index (χ0n) is 7.37. The van der Waals surface area contributed by atoms with E-state index in [1.807, 2.05) is 0 Å². The van der Waals surface area contributed by atoms with Crippen LogP contribution in [0.15, 0.2) is 0 Å². The number of nitrogens with one attached hydrogen (secondary N) is 1. The van der Waals surface area contributed by atoms with E-state index in [1.165, 1.54) is 0 Å². The maximum Gasteiger partial charge on any atom is 0.257 e. The van der Waals surface area contributed by atoms with E-state index in [-0.39, 0.29) is 0 Å². The van der Waals surface area contributed by atoms with Crippen molar-refractivity contribution in [1.29, 1.82) is 0 Å². The topological polar surface area (TPSA) is 49.3 Å². The van der Waals surface area contributed by atoms with Gasteiger partial charge in [-0.05, 0) is 0 Å². The molecule has 7 heteroatoms. The van der Waals surface area contributed by atoms with Gasteiger partial charge < -0.3 is 10.4 Å². The molecule has 0 spiro atoms. The Kier molecular flexibility index (Phi) is 2.83. The van der Waals surface area contributed by atoms with Gasteiger partial charge in [0, 0.05) is 7.05 Å². The summed E-state index contributed by atoms with van der Waals surface area (Å²) < 4.78 is 51.3. The van der Waals surface area contributed by atoms with Gasteiger partial charge in [0.15, 0.2) is 17.4 Å². The summed E-state index contributed by atoms with van der Waals surface area (Å²) in [5, 5.41) is 10.4. The summed E-state index contributed by atoms with van der Waals surface area (Å²) >= 11 is 0. The molecule has 0 saturated carbocycles. The molecule has 1 rings (SSSR count). The lowest BCUT2D eigenvalue weighted by Gasteiger charge is -2.06. The second-order valence-electron chi connectivity index (χ2n) is 2.56. The molecule has 1 aromatic carbocycles. The van der Waals surface area contributed by atoms with Crippen LogP contribution in [0, 0.1) is 23.3 Å². The van der Waals surface area contributed by atoms with Gasteiger partial charge in [0.05, 0.1) is 0 Å². The Labute approximate surface area is 81.3 Å². The van der Waals surface area contributed by atoms with Crippen LogP contribution >= 0.6 is 0 Å². The van der Waals surface area contributed by atoms with E-state index in [0.29, 0.717) is 0 Å². The number of phenols is 1. The molecule has 1 amide bonds. The quantitative estimate of drug-likeness (QED) is 0.557. The van der Waals surface area contributed by atoms with Crippen molar-refractivity contribution in [2.75, 3.05) is 7.05 Å². The molecule has 82 valence electrons. The van der Waals surface area contributed by atoms with Crippen LogP contribution in [0.2, 0.25) is 0 Å². The minimum Gasteiger partial charge on any atom is -0.503 e. The van der Waals surface area contributed by atoms with Gasteiger partial charge in [-0.2, -0.15) is 8.78 Å². The molecule has 0 fully saturated rings. The van der Waals surface area contributed by atoms with Crippen molar-refractivity contribution in [3.05, 3.63) is 28.8 Å². The Balaban J connectivity index is 3.60. The van der Waals surface area contributed by atoms with Crippen molar-refractivity contribution < 1.29 is 27.5 Å². The van der Waals surface area contributed by atoms with E-state index in [2.05, 4.69) is 0 Å². The zero-order valence-corrected chi connectivity index (χ0v) is 7.37. The number of phenolic OH excluding ortho intramolecular Hbond substituents is 1. The third-order valence-electron chi connectivity index (χ3n) is 1.69. The first-order valence-electron chi connectivity index (χ1n) is 3.68. The fourth-order valence-corrected chi connectivity index (χ4v) is 0.944. The Hall–Kier alpha value is -1.79. The molecule has 0 heterocycles. The maximum atomic E-state index is 12.9. The lowest BCUT2D eigenvalue weighted by Crippen LogP contribution is -2.22. The second-order valence-corrected chi connectivity index (χ2v) is 2.56. The standard InChI is InChI=1S/C8H5F4NO2/c1-13-8(15)2-3(9)5(11)7(14)6(12)4(2)10/h14H,1H3,(H,13,15). The minimum absolute atomic E-state index is 1.03. The molecule has 0 atom stereocenters. The largest absolute Gasteiger partial charge is 0.503 e. The van der Waals surface area contributed by atoms with Crippen molar-refractivity contribution in [2.45, 2.75) is 0 Å². The lowest BCUT2D eigenvalue weighted by atomic mass is 10.1. The van der Waals surface area contributed by atoms with Gasteiger partial charge in [0.1, 0.15) is 5.56 Å². The number of amides is 1. The van der Waals surface area contributed by atoms with Crippen molar-refractivity contribution in [1.82, 2.24) is 5.32 Å². The van der Waals surface area contributed by atoms with Crippen LogP contribution in [0.5, 0.6) is 5.75 Å². The molecule has 15 heavy (non-hydrogen) atoms. The van der Waals surface area contributed by atoms with Crippen LogP contribution in [0.25, 0.3) is 0 Å². The van der Waals surface area contributed by atoms with Gasteiger partial charge in [0.2, 0.25) is 11.6 Å². The molecular formula is C8H5F4NO2. The average molecular weight is 223 g/mol. The monoisotopic (exact) mass is 223 g/mol. The van der Waals surface area contributed by atoms with Crippen molar-refractivity contribution in [3.63, 3.8) is 0 Å². The first kappa shape index (κ1) is 11.3. The van der Waals surface area contributed by atoms with Crippen LogP contribution < -0.4 is 5.32 Å². The predicted molar refractivity (Wildman–Crippen MR) is 41.3 cm³/mol. The number of hydrogen-bond acceptors (Lipinski definition) is 2. The third kappa shape index (κ3) is 1.60. The Morgan fingerprint density at radius 3 is 1.80 bits per heavy atom. The van der Waals surface area contributed by atoms with E-state index < -0.39 is 40.5 Å². The van der Waals surface area contributed by atoms with Gasteiger partial charge in [-0.1, -0.05) is 0 Å². The van der Waals surface area contributed by atoms with Crippen molar-refractivity contribution >= 4 is 5.91 Å². The predicted octanol–water partition coefficient (Wildman–Crippen LogP) is 1.31. The zero-order chi connectivity index (χ0) is 11.7. The normalized spacial score (nSPS) is 10.2. The number of halogens is 4. The molecule has 0 aliphatic heterocycles. The van der Waals surface area contributed by atoms with Gasteiger partial charge in [-0.15, -0.1) is 0 Å². The highest BCUT2D eigenvalue weighted by Gasteiger charge is 2.28. The maximum absolute atomic E-state index is 12.9. The lowest BCUT2D eigenvalue weighted by molar-refractivity contribution is 0.0951. The van der Waals surface area contributed by atoms with Crippen molar-refractivity contribution in [3.8, 4) is 5.75 Å². The van der Waals surface area contributed by atoms with E-state index in [1.54, 1.807) is 5.32 Å². The van der Waals surface area contributed by atoms with Crippen LogP contribution in [0.3, 0.4) is 0 Å². The summed E-state index contributed by atoms with van der Waals surface area (Å²) in [4.78, 5) is 10.9. The molecule has 0 saturated heterocycles. The Morgan fingerprint density at radius 2 is 1.47 bits per heavy atom. The fourth-order valence-electron chi connectivity index (χ4n) is 0.944. The van der Waals surface area contributed by atoms with Gasteiger partial charge in [0.25, 0.3) is 5.91 Å². The molecule has 0 unspecified atom stereocenters. The van der Waals surface area contributed by atoms with Crippen molar-refractivity contribution in [2.24, 2.45) is 0 Å². The second kappa shape index (κ2) is 3.76. The first-order valence-corrected chi connectivity index (χ1v) is 3.68. The number of aromatic hydroxyl groups is 1. The van der Waals surface area contributed by atoms with E-state index in [9.17, 15) is 22.4 Å². The SMILES string of the molecule is CNC(=O)c1c(F)c(F)c(O)c(F)c1F. The smallest absolute Gasteiger partial charge is 0.257 e. The van der Waals surface area contributed by atoms with Crippen LogP contribution in [0.4, 0.5) is 17.6 Å². The van der Waals surface area contributed by atoms with Crippen LogP contribution in [0.1, 0.15) is 10.4 Å². The summed E-state index contributed by atoms with van der Waals surface area (Å²) in [6, 6.07) is 0. The highest BCUT2D eigenvalue weighted by atomic mass is 19.2. The van der Waals surface area contributed by atoms with Crippen LogP contribution in [-0.2, 0) is 0 Å².